The van der Waals surface area contributed by atoms with Crippen LogP contribution in [0.15, 0.2) is 24.5 Å². The maximum Gasteiger partial charge on any atom is 0.251 e. The van der Waals surface area contributed by atoms with Crippen LogP contribution in [-0.2, 0) is 22.5 Å². The van der Waals surface area contributed by atoms with Crippen LogP contribution in [0, 0.1) is 12.8 Å². The van der Waals surface area contributed by atoms with E-state index in [9.17, 15) is 9.59 Å². The van der Waals surface area contributed by atoms with Crippen LogP contribution in [-0.4, -0.2) is 46.3 Å². The van der Waals surface area contributed by atoms with E-state index >= 15 is 0 Å². The van der Waals surface area contributed by atoms with Crippen LogP contribution in [0.1, 0.15) is 41.5 Å². The molecule has 2 N–H and O–H groups in total. The minimum atomic E-state index is -0.177. The second kappa shape index (κ2) is 9.45. The van der Waals surface area contributed by atoms with E-state index in [2.05, 4.69) is 20.8 Å². The summed E-state index contributed by atoms with van der Waals surface area (Å²) in [7, 11) is 0. The number of hydrogen-bond donors (Lipinski definition) is 2. The number of aromatic nitrogens is 3. The van der Waals surface area contributed by atoms with Gasteiger partial charge in [-0.3, -0.25) is 9.59 Å². The van der Waals surface area contributed by atoms with Crippen LogP contribution < -0.4 is 10.6 Å². The van der Waals surface area contributed by atoms with Gasteiger partial charge in [0.1, 0.15) is 12.2 Å². The maximum atomic E-state index is 12.5. The zero-order valence-electron chi connectivity index (χ0n) is 16.4. The third kappa shape index (κ3) is 4.95. The standard InChI is InChI=1S/C20H27N5O3/c1-3-25-13-22-24-18(25)6-9-21-19(26)16-5-4-14(2)17(12-16)23-20(27)15-7-10-28-11-8-15/h4-5,12-13,15H,3,6-11H2,1-2H3,(H,21,26)(H,23,27). The molecule has 0 bridgehead atoms. The molecular weight excluding hydrogens is 358 g/mol. The quantitative estimate of drug-likeness (QED) is 0.759. The van der Waals surface area contributed by atoms with E-state index in [1.165, 1.54) is 0 Å². The van der Waals surface area contributed by atoms with E-state index < -0.39 is 0 Å². The second-order valence-electron chi connectivity index (χ2n) is 6.94. The fourth-order valence-electron chi connectivity index (χ4n) is 3.22. The number of amides is 2. The van der Waals surface area contributed by atoms with Gasteiger partial charge in [0.25, 0.3) is 5.91 Å². The number of nitrogens with zero attached hydrogens (tertiary/aromatic N) is 3. The molecule has 3 rings (SSSR count). The molecule has 0 aliphatic carbocycles. The lowest BCUT2D eigenvalue weighted by molar-refractivity contribution is -0.122. The van der Waals surface area contributed by atoms with Gasteiger partial charge in [0.2, 0.25) is 5.91 Å². The summed E-state index contributed by atoms with van der Waals surface area (Å²) in [5, 5.41) is 13.8. The Labute approximate surface area is 164 Å². The van der Waals surface area contributed by atoms with Gasteiger partial charge < -0.3 is 19.9 Å². The highest BCUT2D eigenvalue weighted by molar-refractivity contribution is 5.98. The Morgan fingerprint density at radius 2 is 2.07 bits per heavy atom. The Morgan fingerprint density at radius 1 is 1.29 bits per heavy atom. The molecule has 2 heterocycles. The van der Waals surface area contributed by atoms with Gasteiger partial charge in [0.05, 0.1) is 0 Å². The highest BCUT2D eigenvalue weighted by Crippen LogP contribution is 2.21. The van der Waals surface area contributed by atoms with E-state index in [1.807, 2.05) is 24.5 Å². The SMILES string of the molecule is CCn1cnnc1CCNC(=O)c1ccc(C)c(NC(=O)C2CCOCC2)c1. The molecule has 2 amide bonds. The minimum absolute atomic E-state index is 0.0112. The molecular formula is C20H27N5O3. The van der Waals surface area contributed by atoms with Crippen molar-refractivity contribution in [2.75, 3.05) is 25.1 Å². The lowest BCUT2D eigenvalue weighted by Crippen LogP contribution is -2.29. The van der Waals surface area contributed by atoms with Crippen LogP contribution in [0.5, 0.6) is 0 Å². The predicted molar refractivity (Wildman–Crippen MR) is 105 cm³/mol. The van der Waals surface area contributed by atoms with Gasteiger partial charge in [0, 0.05) is 49.9 Å². The Hall–Kier alpha value is -2.74. The number of benzene rings is 1. The van der Waals surface area contributed by atoms with Gasteiger partial charge in [-0.15, -0.1) is 10.2 Å². The molecule has 1 aromatic carbocycles. The van der Waals surface area contributed by atoms with Gasteiger partial charge >= 0.3 is 0 Å². The van der Waals surface area contributed by atoms with Crippen molar-refractivity contribution in [3.8, 4) is 0 Å². The average Bonchev–Trinajstić information content (AvgIpc) is 3.17. The van der Waals surface area contributed by atoms with E-state index in [-0.39, 0.29) is 17.7 Å². The fourth-order valence-corrected chi connectivity index (χ4v) is 3.22. The second-order valence-corrected chi connectivity index (χ2v) is 6.94. The number of rotatable bonds is 7. The van der Waals surface area contributed by atoms with Gasteiger partial charge in [-0.2, -0.15) is 0 Å². The van der Waals surface area contributed by atoms with Crippen LogP contribution in [0.25, 0.3) is 0 Å². The first-order valence-electron chi connectivity index (χ1n) is 9.72. The first-order valence-corrected chi connectivity index (χ1v) is 9.72. The van der Waals surface area contributed by atoms with Crippen molar-refractivity contribution in [1.29, 1.82) is 0 Å². The summed E-state index contributed by atoms with van der Waals surface area (Å²) in [5.41, 5.74) is 2.12. The number of carbonyl (C=O) groups is 2. The zero-order valence-corrected chi connectivity index (χ0v) is 16.4. The Balaban J connectivity index is 1.58. The molecule has 150 valence electrons. The molecule has 1 aromatic heterocycles. The van der Waals surface area contributed by atoms with Gasteiger partial charge in [-0.05, 0) is 44.4 Å². The first-order chi connectivity index (χ1) is 13.6. The van der Waals surface area contributed by atoms with Gasteiger partial charge in [-0.1, -0.05) is 6.07 Å². The van der Waals surface area contributed by atoms with Gasteiger partial charge in [-0.25, -0.2) is 0 Å². The highest BCUT2D eigenvalue weighted by atomic mass is 16.5. The van der Waals surface area contributed by atoms with Crippen molar-refractivity contribution in [3.63, 3.8) is 0 Å². The Kier molecular flexibility index (Phi) is 6.76. The normalized spacial score (nSPS) is 14.6. The fraction of sp³-hybridized carbons (Fsp3) is 0.500. The molecule has 8 heteroatoms. The molecule has 0 radical (unpaired) electrons. The molecule has 1 aliphatic rings. The average molecular weight is 385 g/mol. The molecule has 0 spiro atoms. The molecule has 2 aromatic rings. The van der Waals surface area contributed by atoms with Crippen molar-refractivity contribution in [2.45, 2.75) is 39.7 Å². The van der Waals surface area contributed by atoms with Crippen LogP contribution in [0.2, 0.25) is 0 Å². The summed E-state index contributed by atoms with van der Waals surface area (Å²) in [6.45, 7) is 6.43. The van der Waals surface area contributed by atoms with E-state index in [4.69, 9.17) is 4.74 Å². The maximum absolute atomic E-state index is 12.5. The summed E-state index contributed by atoms with van der Waals surface area (Å²) in [5.74, 6) is 0.615. The zero-order chi connectivity index (χ0) is 19.9. The molecule has 1 fully saturated rings. The lowest BCUT2D eigenvalue weighted by Gasteiger charge is -2.21. The first kappa shape index (κ1) is 20.0. The van der Waals surface area contributed by atoms with Crippen molar-refractivity contribution in [3.05, 3.63) is 41.5 Å². The summed E-state index contributed by atoms with van der Waals surface area (Å²) in [6, 6.07) is 5.35. The number of carbonyl (C=O) groups excluding carboxylic acids is 2. The van der Waals surface area contributed by atoms with Crippen LogP contribution in [0.4, 0.5) is 5.69 Å². The Bertz CT molecular complexity index is 827. The molecule has 8 nitrogen and oxygen atoms in total. The number of aryl methyl sites for hydroxylation is 2. The monoisotopic (exact) mass is 385 g/mol. The highest BCUT2D eigenvalue weighted by Gasteiger charge is 2.22. The van der Waals surface area contributed by atoms with E-state index in [0.29, 0.717) is 37.4 Å². The molecule has 0 unspecified atom stereocenters. The third-order valence-corrected chi connectivity index (χ3v) is 5.02. The molecule has 0 atom stereocenters. The number of ether oxygens (including phenoxy) is 1. The van der Waals surface area contributed by atoms with Crippen molar-refractivity contribution >= 4 is 17.5 Å². The van der Waals surface area contributed by atoms with Crippen molar-refractivity contribution < 1.29 is 14.3 Å². The number of hydrogen-bond acceptors (Lipinski definition) is 5. The summed E-state index contributed by atoms with van der Waals surface area (Å²) in [4.78, 5) is 25.0. The molecule has 0 saturated carbocycles. The summed E-state index contributed by atoms with van der Waals surface area (Å²) in [6.07, 6.45) is 3.75. The Morgan fingerprint density at radius 3 is 2.82 bits per heavy atom. The number of nitrogens with one attached hydrogen (secondary N) is 2. The third-order valence-electron chi connectivity index (χ3n) is 5.02. The van der Waals surface area contributed by atoms with Crippen molar-refractivity contribution in [2.24, 2.45) is 5.92 Å². The van der Waals surface area contributed by atoms with Crippen LogP contribution in [0.3, 0.4) is 0 Å². The summed E-state index contributed by atoms with van der Waals surface area (Å²) >= 11 is 0. The predicted octanol–water partition coefficient (Wildman–Crippen LogP) is 1.94. The van der Waals surface area contributed by atoms with Crippen LogP contribution >= 0.6 is 0 Å². The minimum Gasteiger partial charge on any atom is -0.381 e. The lowest BCUT2D eigenvalue weighted by atomic mass is 9.99. The van der Waals surface area contributed by atoms with Gasteiger partial charge in [0.15, 0.2) is 0 Å². The van der Waals surface area contributed by atoms with E-state index in [0.717, 1.165) is 30.8 Å². The van der Waals surface area contributed by atoms with Crippen molar-refractivity contribution in [1.82, 2.24) is 20.1 Å². The topological polar surface area (TPSA) is 98.1 Å². The molecule has 28 heavy (non-hydrogen) atoms. The van der Waals surface area contributed by atoms with E-state index in [1.54, 1.807) is 18.5 Å². The summed E-state index contributed by atoms with van der Waals surface area (Å²) < 4.78 is 7.26. The molecule has 1 saturated heterocycles. The smallest absolute Gasteiger partial charge is 0.251 e. The molecule has 1 aliphatic heterocycles. The largest absolute Gasteiger partial charge is 0.381 e. The number of anilines is 1.